The highest BCUT2D eigenvalue weighted by molar-refractivity contribution is 5.99. The molecule has 2 heterocycles. The molecule has 2 atom stereocenters. The van der Waals surface area contributed by atoms with Crippen molar-refractivity contribution in [1.29, 1.82) is 0 Å². The van der Waals surface area contributed by atoms with Gasteiger partial charge in [0.2, 0.25) is 5.91 Å². The van der Waals surface area contributed by atoms with Crippen LogP contribution in [0.4, 0.5) is 5.82 Å². The van der Waals surface area contributed by atoms with E-state index in [2.05, 4.69) is 20.6 Å². The molecule has 2 amide bonds. The Kier molecular flexibility index (Phi) is 6.89. The van der Waals surface area contributed by atoms with Gasteiger partial charge in [-0.15, -0.1) is 0 Å². The van der Waals surface area contributed by atoms with E-state index >= 15 is 0 Å². The summed E-state index contributed by atoms with van der Waals surface area (Å²) in [5, 5.41) is 20.9. The molecule has 0 aromatic carbocycles. The first-order valence-electron chi connectivity index (χ1n) is 13.5. The third-order valence-corrected chi connectivity index (χ3v) is 8.91. The molecule has 9 heteroatoms. The average Bonchev–Trinajstić information content (AvgIpc) is 3.29. The van der Waals surface area contributed by atoms with Crippen LogP contribution in [-0.2, 0) is 9.53 Å². The molecule has 4 aliphatic carbocycles. The summed E-state index contributed by atoms with van der Waals surface area (Å²) in [6.07, 6.45) is 10.7. The SMILES string of the molecule is CCNC(=O)C(C)(C)/C=C/n1ncc(C(=O)NC2C3CC4CC2CC(CO)(C4)C3)c1N1CCOCC1. The van der Waals surface area contributed by atoms with E-state index in [1.54, 1.807) is 17.1 Å². The number of carbonyl (C=O) groups excluding carboxylic acids is 2. The predicted octanol–water partition coefficient (Wildman–Crippen LogP) is 2.27. The maximum atomic E-state index is 13.7. The monoisotopic (exact) mass is 499 g/mol. The Morgan fingerprint density at radius 1 is 1.22 bits per heavy atom. The van der Waals surface area contributed by atoms with Crippen LogP contribution < -0.4 is 15.5 Å². The van der Waals surface area contributed by atoms with Crippen LogP contribution >= 0.6 is 0 Å². The minimum absolute atomic E-state index is 0.0539. The number of morpholine rings is 1. The lowest BCUT2D eigenvalue weighted by molar-refractivity contribution is -0.126. The van der Waals surface area contributed by atoms with Gasteiger partial charge in [-0.2, -0.15) is 5.10 Å². The number of hydrogen-bond acceptors (Lipinski definition) is 6. The van der Waals surface area contributed by atoms with Gasteiger partial charge in [-0.1, -0.05) is 6.08 Å². The number of amides is 2. The van der Waals surface area contributed by atoms with Crippen molar-refractivity contribution in [3.63, 3.8) is 0 Å². The molecule has 1 aromatic rings. The van der Waals surface area contributed by atoms with E-state index in [9.17, 15) is 14.7 Å². The molecule has 36 heavy (non-hydrogen) atoms. The Morgan fingerprint density at radius 3 is 2.56 bits per heavy atom. The number of carbonyl (C=O) groups is 2. The Bertz CT molecular complexity index is 996. The summed E-state index contributed by atoms with van der Waals surface area (Å²) in [5.74, 6) is 2.16. The number of aliphatic hydroxyl groups is 1. The molecule has 1 aromatic heterocycles. The van der Waals surface area contributed by atoms with E-state index in [-0.39, 0.29) is 29.9 Å². The second kappa shape index (κ2) is 9.82. The number of rotatable bonds is 8. The molecular formula is C27H41N5O4. The fourth-order valence-electron chi connectivity index (χ4n) is 7.29. The van der Waals surface area contributed by atoms with Gasteiger partial charge >= 0.3 is 0 Å². The van der Waals surface area contributed by atoms with Crippen molar-refractivity contribution >= 4 is 23.8 Å². The first kappa shape index (κ1) is 25.3. The molecule has 1 aliphatic heterocycles. The Hall–Kier alpha value is -2.39. The lowest BCUT2D eigenvalue weighted by Gasteiger charge is -2.59. The Labute approximate surface area is 213 Å². The van der Waals surface area contributed by atoms with Crippen molar-refractivity contribution in [3.05, 3.63) is 17.8 Å². The summed E-state index contributed by atoms with van der Waals surface area (Å²) in [6.45, 7) is 9.02. The number of ether oxygens (including phenoxy) is 1. The molecule has 4 bridgehead atoms. The van der Waals surface area contributed by atoms with Gasteiger partial charge in [-0.05, 0) is 76.0 Å². The zero-order chi connectivity index (χ0) is 25.5. The minimum Gasteiger partial charge on any atom is -0.396 e. The van der Waals surface area contributed by atoms with E-state index in [0.717, 1.165) is 37.9 Å². The van der Waals surface area contributed by atoms with E-state index < -0.39 is 5.41 Å². The van der Waals surface area contributed by atoms with Crippen LogP contribution in [-0.4, -0.2) is 72.2 Å². The second-order valence-corrected chi connectivity index (χ2v) is 12.0. The number of hydrogen-bond donors (Lipinski definition) is 3. The van der Waals surface area contributed by atoms with E-state index in [1.165, 1.54) is 0 Å². The van der Waals surface area contributed by atoms with Crippen LogP contribution in [0.5, 0.6) is 0 Å². The van der Waals surface area contributed by atoms with Crippen LogP contribution in [0.2, 0.25) is 0 Å². The van der Waals surface area contributed by atoms with Gasteiger partial charge in [0.1, 0.15) is 11.4 Å². The largest absolute Gasteiger partial charge is 0.396 e. The molecule has 1 saturated heterocycles. The molecule has 5 fully saturated rings. The van der Waals surface area contributed by atoms with Crippen molar-refractivity contribution in [2.45, 2.75) is 58.9 Å². The first-order chi connectivity index (χ1) is 17.2. The number of nitrogens with one attached hydrogen (secondary N) is 2. The van der Waals surface area contributed by atoms with Crippen LogP contribution in [0.25, 0.3) is 6.20 Å². The van der Waals surface area contributed by atoms with Crippen molar-refractivity contribution in [2.24, 2.45) is 28.6 Å². The molecule has 3 N–H and O–H groups in total. The number of anilines is 1. The maximum absolute atomic E-state index is 13.7. The van der Waals surface area contributed by atoms with Crippen molar-refractivity contribution in [2.75, 3.05) is 44.4 Å². The molecule has 0 radical (unpaired) electrons. The van der Waals surface area contributed by atoms with E-state index in [1.807, 2.05) is 26.8 Å². The number of aromatic nitrogens is 2. The summed E-state index contributed by atoms with van der Waals surface area (Å²) >= 11 is 0. The van der Waals surface area contributed by atoms with Gasteiger partial charge in [0.15, 0.2) is 0 Å². The number of aliphatic hydroxyl groups excluding tert-OH is 1. The van der Waals surface area contributed by atoms with Gasteiger partial charge < -0.3 is 25.4 Å². The Balaban J connectivity index is 1.38. The molecule has 0 spiro atoms. The molecule has 9 nitrogen and oxygen atoms in total. The zero-order valence-electron chi connectivity index (χ0n) is 21.8. The van der Waals surface area contributed by atoms with Crippen LogP contribution in [0.3, 0.4) is 0 Å². The van der Waals surface area contributed by atoms with Crippen LogP contribution in [0, 0.1) is 28.6 Å². The highest BCUT2D eigenvalue weighted by Gasteiger charge is 2.55. The normalized spacial score (nSPS) is 31.7. The summed E-state index contributed by atoms with van der Waals surface area (Å²) < 4.78 is 7.27. The molecule has 6 rings (SSSR count). The number of nitrogens with zero attached hydrogens (tertiary/aromatic N) is 3. The summed E-state index contributed by atoms with van der Waals surface area (Å²) in [4.78, 5) is 28.3. The maximum Gasteiger partial charge on any atom is 0.256 e. The topological polar surface area (TPSA) is 109 Å². The fourth-order valence-corrected chi connectivity index (χ4v) is 7.29. The fraction of sp³-hybridized carbons (Fsp3) is 0.741. The summed E-state index contributed by atoms with van der Waals surface area (Å²) in [7, 11) is 0. The highest BCUT2D eigenvalue weighted by atomic mass is 16.5. The van der Waals surface area contributed by atoms with Crippen LogP contribution in [0.1, 0.15) is 63.2 Å². The lowest BCUT2D eigenvalue weighted by atomic mass is 9.48. The first-order valence-corrected chi connectivity index (χ1v) is 13.5. The third kappa shape index (κ3) is 4.67. The van der Waals surface area contributed by atoms with Gasteiger partial charge in [0.25, 0.3) is 5.91 Å². The predicted molar refractivity (Wildman–Crippen MR) is 137 cm³/mol. The molecule has 5 aliphatic rings. The lowest BCUT2D eigenvalue weighted by Crippen LogP contribution is -2.60. The van der Waals surface area contributed by atoms with Gasteiger partial charge in [-0.3, -0.25) is 9.59 Å². The smallest absolute Gasteiger partial charge is 0.256 e. The standard InChI is InChI=1S/C27H41N5O4/c1-4-28-25(35)26(2,3)5-6-32-24(31-7-9-36-10-8-31)21(16-29-32)23(34)30-22-19-11-18-12-20(22)15-27(13-18,14-19)17-33/h5-6,16,18-20,22,33H,4,7-15,17H2,1-3H3,(H,28,35)(H,30,34)/b6-5+. The van der Waals surface area contributed by atoms with Gasteiger partial charge in [0.05, 0.1) is 24.8 Å². The average molecular weight is 500 g/mol. The summed E-state index contributed by atoms with van der Waals surface area (Å²) in [5.41, 5.74) is -0.0816. The van der Waals surface area contributed by atoms with Crippen molar-refractivity contribution < 1.29 is 19.4 Å². The quantitative estimate of drug-likeness (QED) is 0.506. The van der Waals surface area contributed by atoms with Crippen molar-refractivity contribution in [3.8, 4) is 0 Å². The van der Waals surface area contributed by atoms with E-state index in [0.29, 0.717) is 56.2 Å². The molecule has 2 unspecified atom stereocenters. The Morgan fingerprint density at radius 2 is 1.92 bits per heavy atom. The van der Waals surface area contributed by atoms with E-state index in [4.69, 9.17) is 4.74 Å². The zero-order valence-corrected chi connectivity index (χ0v) is 21.8. The molecule has 198 valence electrons. The second-order valence-electron chi connectivity index (χ2n) is 12.0. The minimum atomic E-state index is -0.713. The third-order valence-electron chi connectivity index (χ3n) is 8.91. The molecular weight excluding hydrogens is 458 g/mol. The van der Waals surface area contributed by atoms with Gasteiger partial charge in [0, 0.05) is 38.5 Å². The van der Waals surface area contributed by atoms with Crippen molar-refractivity contribution in [1.82, 2.24) is 20.4 Å². The van der Waals surface area contributed by atoms with Crippen LogP contribution in [0.15, 0.2) is 12.3 Å². The highest BCUT2D eigenvalue weighted by Crippen LogP contribution is 2.59. The van der Waals surface area contributed by atoms with Gasteiger partial charge in [-0.25, -0.2) is 4.68 Å². The molecule has 4 saturated carbocycles. The summed E-state index contributed by atoms with van der Waals surface area (Å²) in [6, 6.07) is 0.154.